The number of aromatic nitrogens is 1. The van der Waals surface area contributed by atoms with Gasteiger partial charge in [0.2, 0.25) is 0 Å². The number of methoxy groups -OCH3 is 1. The first-order valence-electron chi connectivity index (χ1n) is 6.59. The maximum absolute atomic E-state index is 5.64. The zero-order valence-corrected chi connectivity index (χ0v) is 11.5. The third-order valence-electron chi connectivity index (χ3n) is 3.83. The molecule has 0 spiro atoms. The van der Waals surface area contributed by atoms with Crippen LogP contribution in [0.3, 0.4) is 0 Å². The molecule has 1 saturated heterocycles. The highest BCUT2D eigenvalue weighted by Gasteiger charge is 2.27. The van der Waals surface area contributed by atoms with Gasteiger partial charge in [-0.25, -0.2) is 4.98 Å². The number of nitrogens with zero attached hydrogens (tertiary/aromatic N) is 2. The Labute approximate surface area is 109 Å². The van der Waals surface area contributed by atoms with Gasteiger partial charge in [0.05, 0.1) is 6.10 Å². The molecule has 0 bridgehead atoms. The predicted molar refractivity (Wildman–Crippen MR) is 73.7 cm³/mol. The van der Waals surface area contributed by atoms with Crippen LogP contribution >= 0.6 is 0 Å². The van der Waals surface area contributed by atoms with Crippen LogP contribution in [0.25, 0.3) is 0 Å². The lowest BCUT2D eigenvalue weighted by molar-refractivity contribution is 0.0496. The number of hydrogen-bond acceptors (Lipinski definition) is 4. The van der Waals surface area contributed by atoms with E-state index in [0.29, 0.717) is 18.6 Å². The monoisotopic (exact) mass is 249 g/mol. The van der Waals surface area contributed by atoms with E-state index in [2.05, 4.69) is 29.8 Å². The summed E-state index contributed by atoms with van der Waals surface area (Å²) in [5, 5.41) is 0. The molecule has 1 aromatic rings. The van der Waals surface area contributed by atoms with Gasteiger partial charge >= 0.3 is 0 Å². The molecule has 2 N–H and O–H groups in total. The molecule has 0 aromatic carbocycles. The summed E-state index contributed by atoms with van der Waals surface area (Å²) in [5.74, 6) is 1.69. The van der Waals surface area contributed by atoms with Gasteiger partial charge in [0, 0.05) is 32.9 Å². The molecule has 4 nitrogen and oxygen atoms in total. The molecule has 0 aliphatic carbocycles. The number of nitrogens with two attached hydrogens (primary N) is 1. The summed E-state index contributed by atoms with van der Waals surface area (Å²) in [5.41, 5.74) is 7.92. The van der Waals surface area contributed by atoms with Gasteiger partial charge in [0.25, 0.3) is 0 Å². The molecule has 2 unspecified atom stereocenters. The predicted octanol–water partition coefficient (Wildman–Crippen LogP) is 1.71. The van der Waals surface area contributed by atoms with Crippen molar-refractivity contribution in [3.63, 3.8) is 0 Å². The number of pyridine rings is 1. The summed E-state index contributed by atoms with van der Waals surface area (Å²) in [6.45, 7) is 6.88. The quantitative estimate of drug-likeness (QED) is 0.886. The number of rotatable bonds is 3. The van der Waals surface area contributed by atoms with Gasteiger partial charge in [-0.1, -0.05) is 6.92 Å². The fourth-order valence-electron chi connectivity index (χ4n) is 2.60. The molecule has 0 radical (unpaired) electrons. The standard InChI is InChI=1S/C14H23N3O/c1-10-4-5-17(9-13(10)18-3)14-11(2)6-12(7-15)8-16-14/h6,8,10,13H,4-5,7,9,15H2,1-3H3. The van der Waals surface area contributed by atoms with Crippen molar-refractivity contribution < 1.29 is 4.74 Å². The van der Waals surface area contributed by atoms with Gasteiger partial charge in [0.15, 0.2) is 0 Å². The Hall–Kier alpha value is -1.13. The Morgan fingerprint density at radius 3 is 2.94 bits per heavy atom. The molecule has 0 amide bonds. The molecule has 2 heterocycles. The normalized spacial score (nSPS) is 24.3. The molecule has 4 heteroatoms. The lowest BCUT2D eigenvalue weighted by atomic mass is 9.95. The lowest BCUT2D eigenvalue weighted by Crippen LogP contribution is -2.44. The summed E-state index contributed by atoms with van der Waals surface area (Å²) >= 11 is 0. The van der Waals surface area contributed by atoms with Gasteiger partial charge in [-0.2, -0.15) is 0 Å². The molecular formula is C14H23N3O. The minimum absolute atomic E-state index is 0.300. The van der Waals surface area contributed by atoms with Crippen LogP contribution in [0.5, 0.6) is 0 Å². The molecule has 2 atom stereocenters. The van der Waals surface area contributed by atoms with Gasteiger partial charge in [0.1, 0.15) is 5.82 Å². The zero-order chi connectivity index (χ0) is 13.1. The fraction of sp³-hybridized carbons (Fsp3) is 0.643. The highest BCUT2D eigenvalue weighted by Crippen LogP contribution is 2.25. The van der Waals surface area contributed by atoms with Gasteiger partial charge in [-0.3, -0.25) is 0 Å². The fourth-order valence-corrected chi connectivity index (χ4v) is 2.60. The van der Waals surface area contributed by atoms with Crippen LogP contribution in [0.15, 0.2) is 12.3 Å². The molecule has 2 rings (SSSR count). The average Bonchev–Trinajstić information content (AvgIpc) is 2.39. The van der Waals surface area contributed by atoms with Crippen molar-refractivity contribution in [1.29, 1.82) is 0 Å². The molecule has 18 heavy (non-hydrogen) atoms. The van der Waals surface area contributed by atoms with Crippen molar-refractivity contribution in [3.05, 3.63) is 23.4 Å². The first kappa shape index (κ1) is 13.3. The van der Waals surface area contributed by atoms with Crippen LogP contribution in [0.1, 0.15) is 24.5 Å². The summed E-state index contributed by atoms with van der Waals surface area (Å²) in [4.78, 5) is 6.88. The van der Waals surface area contributed by atoms with Crippen molar-refractivity contribution in [1.82, 2.24) is 4.98 Å². The Kier molecular flexibility index (Phi) is 4.19. The second-order valence-electron chi connectivity index (χ2n) is 5.17. The Morgan fingerprint density at radius 1 is 1.56 bits per heavy atom. The van der Waals surface area contributed by atoms with Crippen LogP contribution in [0, 0.1) is 12.8 Å². The summed E-state index contributed by atoms with van der Waals surface area (Å²) in [7, 11) is 1.79. The van der Waals surface area contributed by atoms with E-state index in [4.69, 9.17) is 10.5 Å². The van der Waals surface area contributed by atoms with Crippen LogP contribution in [-0.4, -0.2) is 31.3 Å². The van der Waals surface area contributed by atoms with Gasteiger partial charge < -0.3 is 15.4 Å². The third-order valence-corrected chi connectivity index (χ3v) is 3.83. The second kappa shape index (κ2) is 5.67. The van der Waals surface area contributed by atoms with E-state index in [-0.39, 0.29) is 0 Å². The van der Waals surface area contributed by atoms with E-state index in [1.54, 1.807) is 7.11 Å². The van der Waals surface area contributed by atoms with Crippen LogP contribution in [0.2, 0.25) is 0 Å². The number of anilines is 1. The summed E-state index contributed by atoms with van der Waals surface area (Å²) < 4.78 is 5.55. The SMILES string of the molecule is COC1CN(c2ncc(CN)cc2C)CCC1C. The van der Waals surface area contributed by atoms with E-state index in [1.807, 2.05) is 6.20 Å². The van der Waals surface area contributed by atoms with Crippen molar-refractivity contribution in [2.24, 2.45) is 11.7 Å². The second-order valence-corrected chi connectivity index (χ2v) is 5.17. The molecule has 1 fully saturated rings. The number of piperidine rings is 1. The maximum atomic E-state index is 5.64. The number of aryl methyl sites for hydroxylation is 1. The maximum Gasteiger partial charge on any atom is 0.131 e. The molecule has 0 saturated carbocycles. The first-order valence-corrected chi connectivity index (χ1v) is 6.59. The van der Waals surface area contributed by atoms with Crippen molar-refractivity contribution >= 4 is 5.82 Å². The summed E-state index contributed by atoms with van der Waals surface area (Å²) in [6.07, 6.45) is 3.33. The van der Waals surface area contributed by atoms with Crippen molar-refractivity contribution in [3.8, 4) is 0 Å². The van der Waals surface area contributed by atoms with E-state index < -0.39 is 0 Å². The van der Waals surface area contributed by atoms with E-state index in [9.17, 15) is 0 Å². The molecule has 1 aromatic heterocycles. The average molecular weight is 249 g/mol. The van der Waals surface area contributed by atoms with Crippen LogP contribution in [-0.2, 0) is 11.3 Å². The zero-order valence-electron chi connectivity index (χ0n) is 11.5. The first-order chi connectivity index (χ1) is 8.65. The largest absolute Gasteiger partial charge is 0.379 e. The Morgan fingerprint density at radius 2 is 2.33 bits per heavy atom. The number of hydrogen-bond donors (Lipinski definition) is 1. The number of ether oxygens (including phenoxy) is 1. The van der Waals surface area contributed by atoms with Crippen LogP contribution < -0.4 is 10.6 Å². The highest BCUT2D eigenvalue weighted by atomic mass is 16.5. The van der Waals surface area contributed by atoms with Crippen molar-refractivity contribution in [2.75, 3.05) is 25.1 Å². The van der Waals surface area contributed by atoms with E-state index in [0.717, 1.165) is 30.9 Å². The minimum atomic E-state index is 0.300. The molecular weight excluding hydrogens is 226 g/mol. The topological polar surface area (TPSA) is 51.4 Å². The third kappa shape index (κ3) is 2.65. The smallest absolute Gasteiger partial charge is 0.131 e. The lowest BCUT2D eigenvalue weighted by Gasteiger charge is -2.37. The van der Waals surface area contributed by atoms with Crippen LogP contribution in [0.4, 0.5) is 5.82 Å². The molecule has 1 aliphatic heterocycles. The molecule has 100 valence electrons. The van der Waals surface area contributed by atoms with E-state index in [1.165, 1.54) is 5.56 Å². The van der Waals surface area contributed by atoms with Gasteiger partial charge in [-0.15, -0.1) is 0 Å². The summed E-state index contributed by atoms with van der Waals surface area (Å²) in [6, 6.07) is 2.13. The molecule has 1 aliphatic rings. The highest BCUT2D eigenvalue weighted by molar-refractivity contribution is 5.48. The Bertz CT molecular complexity index is 408. The minimum Gasteiger partial charge on any atom is -0.379 e. The van der Waals surface area contributed by atoms with E-state index >= 15 is 0 Å². The van der Waals surface area contributed by atoms with Gasteiger partial charge in [-0.05, 0) is 36.5 Å². The Balaban J connectivity index is 2.16. The van der Waals surface area contributed by atoms with Crippen molar-refractivity contribution in [2.45, 2.75) is 32.9 Å².